The molecule has 3 heteroatoms. The molecule has 0 unspecified atom stereocenters. The maximum atomic E-state index is 5.29. The molecule has 0 amide bonds. The van der Waals surface area contributed by atoms with E-state index in [1.54, 1.807) is 0 Å². The number of nitrogens with zero attached hydrogens (tertiary/aromatic N) is 2. The van der Waals surface area contributed by atoms with Gasteiger partial charge in [-0.15, -0.1) is 0 Å². The molecule has 0 heterocycles. The smallest absolute Gasteiger partial charge is 0.135 e. The zero-order valence-electron chi connectivity index (χ0n) is 9.61. The fourth-order valence-electron chi connectivity index (χ4n) is 1.12. The molecule has 15 heavy (non-hydrogen) atoms. The summed E-state index contributed by atoms with van der Waals surface area (Å²) in [5, 5.41) is 0. The number of benzene rings is 1. The normalized spacial score (nSPS) is 11.3. The van der Waals surface area contributed by atoms with E-state index in [1.807, 2.05) is 57.1 Å². The van der Waals surface area contributed by atoms with Crippen LogP contribution in [0.25, 0.3) is 0 Å². The molecule has 0 aromatic heterocycles. The molecule has 2 nitrogen and oxygen atoms in total. The first-order chi connectivity index (χ1) is 7.02. The largest absolute Gasteiger partial charge is 0.366 e. The van der Waals surface area contributed by atoms with Crippen molar-refractivity contribution in [2.75, 3.05) is 14.1 Å². The summed E-state index contributed by atoms with van der Waals surface area (Å²) >= 11 is 5.29. The zero-order valence-corrected chi connectivity index (χ0v) is 10.4. The maximum Gasteiger partial charge on any atom is 0.135 e. The first-order valence-corrected chi connectivity index (χ1v) is 5.25. The van der Waals surface area contributed by atoms with Crippen molar-refractivity contribution < 1.29 is 0 Å². The lowest BCUT2D eigenvalue weighted by molar-refractivity contribution is 0.620. The van der Waals surface area contributed by atoms with Crippen molar-refractivity contribution in [3.8, 4) is 0 Å². The number of hydrogen-bond donors (Lipinski definition) is 0. The van der Waals surface area contributed by atoms with Crippen LogP contribution in [0.1, 0.15) is 18.1 Å². The second-order valence-corrected chi connectivity index (χ2v) is 4.06. The Kier molecular flexibility index (Phi) is 3.97. The molecule has 0 N–H and O–H groups in total. The van der Waals surface area contributed by atoms with E-state index in [0.717, 1.165) is 17.0 Å². The van der Waals surface area contributed by atoms with E-state index in [4.69, 9.17) is 12.2 Å². The molecule has 0 spiro atoms. The summed E-state index contributed by atoms with van der Waals surface area (Å²) in [4.78, 5) is 6.98. The molecule has 1 rings (SSSR count). The van der Waals surface area contributed by atoms with Crippen LogP contribution < -0.4 is 0 Å². The highest BCUT2D eigenvalue weighted by Crippen LogP contribution is 2.09. The molecule has 1 aromatic carbocycles. The van der Waals surface area contributed by atoms with Crippen molar-refractivity contribution >= 4 is 23.0 Å². The third kappa shape index (κ3) is 3.13. The molecular formula is C12H16N2S. The van der Waals surface area contributed by atoms with E-state index >= 15 is 0 Å². The predicted octanol–water partition coefficient (Wildman–Crippen LogP) is 2.65. The number of rotatable bonds is 1. The Hall–Kier alpha value is -1.22. The highest BCUT2D eigenvalue weighted by atomic mass is 32.1. The van der Waals surface area contributed by atoms with E-state index < -0.39 is 0 Å². The average Bonchev–Trinajstić information content (AvgIpc) is 2.18. The van der Waals surface area contributed by atoms with Gasteiger partial charge >= 0.3 is 0 Å². The number of aryl methyl sites for hydroxylation is 1. The van der Waals surface area contributed by atoms with Crippen LogP contribution in [0.15, 0.2) is 29.3 Å². The highest BCUT2D eigenvalue weighted by molar-refractivity contribution is 7.80. The van der Waals surface area contributed by atoms with Gasteiger partial charge in [-0.1, -0.05) is 36.5 Å². The van der Waals surface area contributed by atoms with Gasteiger partial charge in [-0.3, -0.25) is 0 Å². The third-order valence-electron chi connectivity index (χ3n) is 2.29. The van der Waals surface area contributed by atoms with Gasteiger partial charge in [-0.2, -0.15) is 0 Å². The van der Waals surface area contributed by atoms with Crippen LogP contribution in [-0.4, -0.2) is 29.8 Å². The van der Waals surface area contributed by atoms with Gasteiger partial charge in [0.25, 0.3) is 0 Å². The van der Waals surface area contributed by atoms with Crippen LogP contribution in [0.3, 0.4) is 0 Å². The minimum Gasteiger partial charge on any atom is -0.366 e. The van der Waals surface area contributed by atoms with E-state index in [9.17, 15) is 0 Å². The average molecular weight is 220 g/mol. The predicted molar refractivity (Wildman–Crippen MR) is 69.7 cm³/mol. The molecule has 0 aliphatic rings. The monoisotopic (exact) mass is 220 g/mol. The van der Waals surface area contributed by atoms with Crippen molar-refractivity contribution in [3.05, 3.63) is 35.4 Å². The van der Waals surface area contributed by atoms with E-state index in [1.165, 1.54) is 0 Å². The number of aliphatic imine (C=N–C) groups is 1. The van der Waals surface area contributed by atoms with Gasteiger partial charge in [-0.05, 0) is 19.4 Å². The van der Waals surface area contributed by atoms with Gasteiger partial charge in [-0.25, -0.2) is 4.99 Å². The summed E-state index contributed by atoms with van der Waals surface area (Å²) in [6.45, 7) is 3.99. The standard InChI is InChI=1S/C12H16N2S/c1-9-7-5-6-8-11(9)12(15)13-10(2)14(3)4/h5-8H,1-4H3. The Bertz CT molecular complexity index is 394. The molecule has 0 aliphatic carbocycles. The van der Waals surface area contributed by atoms with Gasteiger partial charge in [0.05, 0.1) is 0 Å². The Morgan fingerprint density at radius 2 is 1.87 bits per heavy atom. The van der Waals surface area contributed by atoms with Crippen molar-refractivity contribution in [1.29, 1.82) is 0 Å². The first-order valence-electron chi connectivity index (χ1n) is 4.85. The van der Waals surface area contributed by atoms with Crippen LogP contribution in [0.2, 0.25) is 0 Å². The number of amidine groups is 1. The second kappa shape index (κ2) is 5.03. The Labute approximate surface area is 96.6 Å². The Morgan fingerprint density at radius 3 is 2.40 bits per heavy atom. The summed E-state index contributed by atoms with van der Waals surface area (Å²) < 4.78 is 0. The molecule has 0 aliphatic heterocycles. The highest BCUT2D eigenvalue weighted by Gasteiger charge is 2.03. The van der Waals surface area contributed by atoms with Crippen LogP contribution in [-0.2, 0) is 0 Å². The lowest BCUT2D eigenvalue weighted by atomic mass is 10.1. The third-order valence-corrected chi connectivity index (χ3v) is 2.60. The topological polar surface area (TPSA) is 15.6 Å². The number of hydrogen-bond acceptors (Lipinski definition) is 1. The molecule has 80 valence electrons. The molecule has 0 bridgehead atoms. The lowest BCUT2D eigenvalue weighted by Gasteiger charge is -2.11. The molecule has 1 aromatic rings. The van der Waals surface area contributed by atoms with Crippen molar-refractivity contribution in [2.24, 2.45) is 4.99 Å². The number of thiocarbonyl (C=S) groups is 1. The van der Waals surface area contributed by atoms with Crippen LogP contribution in [0.4, 0.5) is 0 Å². The molecule has 0 saturated carbocycles. The van der Waals surface area contributed by atoms with Crippen molar-refractivity contribution in [1.82, 2.24) is 4.90 Å². The maximum absolute atomic E-state index is 5.29. The van der Waals surface area contributed by atoms with Gasteiger partial charge < -0.3 is 4.90 Å². The van der Waals surface area contributed by atoms with Gasteiger partial charge in [0, 0.05) is 19.7 Å². The summed E-state index contributed by atoms with van der Waals surface area (Å²) in [6.07, 6.45) is 0. The Morgan fingerprint density at radius 1 is 1.27 bits per heavy atom. The quantitative estimate of drug-likeness (QED) is 0.411. The van der Waals surface area contributed by atoms with Crippen molar-refractivity contribution in [3.63, 3.8) is 0 Å². The molecule has 0 radical (unpaired) electrons. The van der Waals surface area contributed by atoms with Crippen LogP contribution in [0, 0.1) is 6.92 Å². The summed E-state index contributed by atoms with van der Waals surface area (Å²) in [5.41, 5.74) is 2.20. The summed E-state index contributed by atoms with van der Waals surface area (Å²) in [6, 6.07) is 8.03. The van der Waals surface area contributed by atoms with E-state index in [2.05, 4.69) is 4.99 Å². The minimum absolute atomic E-state index is 0.652. The second-order valence-electron chi connectivity index (χ2n) is 3.67. The molecule has 0 fully saturated rings. The molecule has 0 atom stereocenters. The van der Waals surface area contributed by atoms with Crippen molar-refractivity contribution in [2.45, 2.75) is 13.8 Å². The molecular weight excluding hydrogens is 204 g/mol. The fourth-order valence-corrected chi connectivity index (χ4v) is 1.48. The first kappa shape index (κ1) is 11.9. The van der Waals surface area contributed by atoms with E-state index in [-0.39, 0.29) is 0 Å². The fraction of sp³-hybridized carbons (Fsp3) is 0.333. The SMILES string of the molecule is CC(=NC(=S)c1ccccc1C)N(C)C. The van der Waals surface area contributed by atoms with Gasteiger partial charge in [0.2, 0.25) is 0 Å². The molecule has 0 saturated heterocycles. The Balaban J connectivity index is 2.97. The lowest BCUT2D eigenvalue weighted by Crippen LogP contribution is -2.19. The minimum atomic E-state index is 0.652. The summed E-state index contributed by atoms with van der Waals surface area (Å²) in [7, 11) is 3.92. The van der Waals surface area contributed by atoms with Gasteiger partial charge in [0.1, 0.15) is 10.8 Å². The van der Waals surface area contributed by atoms with E-state index in [0.29, 0.717) is 4.99 Å². The van der Waals surface area contributed by atoms with Crippen LogP contribution >= 0.6 is 12.2 Å². The summed E-state index contributed by atoms with van der Waals surface area (Å²) in [5.74, 6) is 0.920. The van der Waals surface area contributed by atoms with Crippen LogP contribution in [0.5, 0.6) is 0 Å². The zero-order chi connectivity index (χ0) is 11.4. The van der Waals surface area contributed by atoms with Gasteiger partial charge in [0.15, 0.2) is 0 Å².